The van der Waals surface area contributed by atoms with Gasteiger partial charge in [0.25, 0.3) is 5.82 Å². The van der Waals surface area contributed by atoms with Crippen LogP contribution in [0.2, 0.25) is 0 Å². The Hall–Kier alpha value is -2.35. The molecule has 0 amide bonds. The maximum Gasteiger partial charge on any atom is 0.261 e. The summed E-state index contributed by atoms with van der Waals surface area (Å²) < 4.78 is 5.13. The molecule has 1 heterocycles. The van der Waals surface area contributed by atoms with E-state index in [-0.39, 0.29) is 0 Å². The first kappa shape index (κ1) is 21.4. The second kappa shape index (κ2) is 10.4. The lowest BCUT2D eigenvalue weighted by atomic mass is 9.96. The Morgan fingerprint density at radius 3 is 2.14 bits per heavy atom. The van der Waals surface area contributed by atoms with Gasteiger partial charge in [-0.3, -0.25) is 0 Å². The molecule has 0 saturated carbocycles. The molecule has 0 bridgehead atoms. The Bertz CT molecular complexity index is 862. The molecule has 1 unspecified atom stereocenters. The number of imidazole rings is 1. The second-order valence-corrected chi connectivity index (χ2v) is 8.58. The summed E-state index contributed by atoms with van der Waals surface area (Å²) in [5.41, 5.74) is 4.27. The van der Waals surface area contributed by atoms with E-state index in [1.165, 1.54) is 41.9 Å². The SMILES string of the molecule is CCCCC[n+]1cc(CC(C)c2ccccc2)n(C(C)C)c1Cc1ccccc1. The molecular weight excluding hydrogens is 352 g/mol. The standard InChI is InChI=1S/C27H37N2/c1-5-6-13-18-28-21-26(19-23(4)25-16-11-8-12-17-25)29(22(2)3)27(28)20-24-14-9-7-10-15-24/h7-12,14-17,21-23H,5-6,13,18-20H2,1-4H3/q+1. The molecule has 2 aromatic carbocycles. The second-order valence-electron chi connectivity index (χ2n) is 8.58. The van der Waals surface area contributed by atoms with E-state index >= 15 is 0 Å². The zero-order chi connectivity index (χ0) is 20.6. The molecule has 0 aliphatic rings. The van der Waals surface area contributed by atoms with E-state index in [0.717, 1.165) is 19.4 Å². The van der Waals surface area contributed by atoms with E-state index in [1.807, 2.05) is 0 Å². The third-order valence-corrected chi connectivity index (χ3v) is 5.83. The monoisotopic (exact) mass is 389 g/mol. The van der Waals surface area contributed by atoms with Crippen molar-refractivity contribution < 1.29 is 4.57 Å². The summed E-state index contributed by atoms with van der Waals surface area (Å²) in [4.78, 5) is 0. The number of hydrogen-bond donors (Lipinski definition) is 0. The van der Waals surface area contributed by atoms with Gasteiger partial charge in [-0.25, -0.2) is 9.13 Å². The maximum atomic E-state index is 2.60. The van der Waals surface area contributed by atoms with Crippen molar-refractivity contribution in [1.82, 2.24) is 4.57 Å². The van der Waals surface area contributed by atoms with E-state index in [4.69, 9.17) is 0 Å². The highest BCUT2D eigenvalue weighted by Gasteiger charge is 2.26. The van der Waals surface area contributed by atoms with Gasteiger partial charge in [-0.2, -0.15) is 0 Å². The minimum atomic E-state index is 0.458. The molecule has 0 spiro atoms. The number of benzene rings is 2. The van der Waals surface area contributed by atoms with Gasteiger partial charge in [0.2, 0.25) is 0 Å². The van der Waals surface area contributed by atoms with E-state index in [0.29, 0.717) is 12.0 Å². The molecule has 0 N–H and O–H groups in total. The van der Waals surface area contributed by atoms with Crippen LogP contribution < -0.4 is 4.57 Å². The van der Waals surface area contributed by atoms with Gasteiger partial charge in [0.15, 0.2) is 0 Å². The van der Waals surface area contributed by atoms with Crippen LogP contribution in [-0.2, 0) is 19.4 Å². The summed E-state index contributed by atoms with van der Waals surface area (Å²) >= 11 is 0. The Labute approximate surface area is 177 Å². The molecule has 3 rings (SSSR count). The van der Waals surface area contributed by atoms with E-state index in [1.54, 1.807) is 0 Å². The number of nitrogens with zero attached hydrogens (tertiary/aromatic N) is 2. The predicted octanol–water partition coefficient (Wildman–Crippen LogP) is 6.48. The summed E-state index contributed by atoms with van der Waals surface area (Å²) in [5, 5.41) is 0. The van der Waals surface area contributed by atoms with Gasteiger partial charge < -0.3 is 0 Å². The van der Waals surface area contributed by atoms with Crippen LogP contribution in [0, 0.1) is 0 Å². The first-order valence-corrected chi connectivity index (χ1v) is 11.3. The minimum Gasteiger partial charge on any atom is -0.234 e. The fourth-order valence-corrected chi connectivity index (χ4v) is 4.31. The highest BCUT2D eigenvalue weighted by molar-refractivity contribution is 5.22. The Morgan fingerprint density at radius 2 is 1.52 bits per heavy atom. The van der Waals surface area contributed by atoms with Gasteiger partial charge in [0.1, 0.15) is 11.9 Å². The number of aromatic nitrogens is 2. The average Bonchev–Trinajstić information content (AvgIpc) is 3.06. The van der Waals surface area contributed by atoms with Crippen LogP contribution in [0.5, 0.6) is 0 Å². The molecular formula is C27H37N2+. The average molecular weight is 390 g/mol. The largest absolute Gasteiger partial charge is 0.261 e. The van der Waals surface area contributed by atoms with Crippen molar-refractivity contribution in [2.24, 2.45) is 0 Å². The van der Waals surface area contributed by atoms with Crippen LogP contribution in [0.25, 0.3) is 0 Å². The lowest BCUT2D eigenvalue weighted by Crippen LogP contribution is -2.37. The highest BCUT2D eigenvalue weighted by atomic mass is 15.2. The van der Waals surface area contributed by atoms with E-state index in [9.17, 15) is 0 Å². The Balaban J connectivity index is 1.95. The summed E-state index contributed by atoms with van der Waals surface area (Å²) in [7, 11) is 0. The number of rotatable bonds is 10. The fraction of sp³-hybridized carbons (Fsp3) is 0.444. The van der Waals surface area contributed by atoms with Crippen molar-refractivity contribution in [3.63, 3.8) is 0 Å². The third-order valence-electron chi connectivity index (χ3n) is 5.83. The van der Waals surface area contributed by atoms with Crippen molar-refractivity contribution in [3.8, 4) is 0 Å². The maximum absolute atomic E-state index is 2.60. The Morgan fingerprint density at radius 1 is 0.862 bits per heavy atom. The molecule has 0 saturated heterocycles. The quantitative estimate of drug-likeness (QED) is 0.277. The van der Waals surface area contributed by atoms with Crippen LogP contribution in [0.15, 0.2) is 66.9 Å². The van der Waals surface area contributed by atoms with Crippen molar-refractivity contribution in [2.75, 3.05) is 0 Å². The first-order chi connectivity index (χ1) is 14.1. The molecule has 2 heteroatoms. The van der Waals surface area contributed by atoms with Crippen molar-refractivity contribution in [3.05, 3.63) is 89.5 Å². The summed E-state index contributed by atoms with van der Waals surface area (Å²) in [6.45, 7) is 10.4. The van der Waals surface area contributed by atoms with Gasteiger partial charge in [-0.1, -0.05) is 80.9 Å². The number of unbranched alkanes of at least 4 members (excludes halogenated alkanes) is 2. The number of hydrogen-bond acceptors (Lipinski definition) is 0. The summed E-state index contributed by atoms with van der Waals surface area (Å²) in [6.07, 6.45) is 8.31. The molecule has 154 valence electrons. The normalized spacial score (nSPS) is 12.4. The van der Waals surface area contributed by atoms with Crippen molar-refractivity contribution >= 4 is 0 Å². The molecule has 0 aliphatic heterocycles. The smallest absolute Gasteiger partial charge is 0.234 e. The first-order valence-electron chi connectivity index (χ1n) is 11.3. The Kier molecular flexibility index (Phi) is 7.69. The molecule has 1 aromatic heterocycles. The lowest BCUT2D eigenvalue weighted by molar-refractivity contribution is -0.704. The van der Waals surface area contributed by atoms with Gasteiger partial charge in [-0.05, 0) is 43.7 Å². The van der Waals surface area contributed by atoms with Crippen molar-refractivity contribution in [2.45, 2.75) is 78.3 Å². The van der Waals surface area contributed by atoms with Crippen LogP contribution in [0.1, 0.15) is 81.6 Å². The predicted molar refractivity (Wildman–Crippen MR) is 122 cm³/mol. The zero-order valence-electron chi connectivity index (χ0n) is 18.6. The van der Waals surface area contributed by atoms with Gasteiger partial charge in [-0.15, -0.1) is 0 Å². The molecule has 0 radical (unpaired) electrons. The van der Waals surface area contributed by atoms with Crippen LogP contribution in [-0.4, -0.2) is 4.57 Å². The van der Waals surface area contributed by atoms with Crippen LogP contribution >= 0.6 is 0 Å². The summed E-state index contributed by atoms with van der Waals surface area (Å²) in [6, 6.07) is 22.3. The third kappa shape index (κ3) is 5.59. The zero-order valence-corrected chi connectivity index (χ0v) is 18.6. The van der Waals surface area contributed by atoms with E-state index in [2.05, 4.69) is 104 Å². The topological polar surface area (TPSA) is 8.81 Å². The fourth-order valence-electron chi connectivity index (χ4n) is 4.31. The van der Waals surface area contributed by atoms with E-state index < -0.39 is 0 Å². The summed E-state index contributed by atoms with van der Waals surface area (Å²) in [5.74, 6) is 1.95. The highest BCUT2D eigenvalue weighted by Crippen LogP contribution is 2.24. The minimum absolute atomic E-state index is 0.458. The van der Waals surface area contributed by atoms with Crippen LogP contribution in [0.3, 0.4) is 0 Å². The van der Waals surface area contributed by atoms with Crippen molar-refractivity contribution in [1.29, 1.82) is 0 Å². The molecule has 0 fully saturated rings. The molecule has 2 nitrogen and oxygen atoms in total. The van der Waals surface area contributed by atoms with Gasteiger partial charge in [0, 0.05) is 6.42 Å². The van der Waals surface area contributed by atoms with Gasteiger partial charge in [0.05, 0.1) is 19.0 Å². The lowest BCUT2D eigenvalue weighted by Gasteiger charge is -2.13. The molecule has 0 aliphatic carbocycles. The molecule has 29 heavy (non-hydrogen) atoms. The molecule has 1 atom stereocenters. The number of aryl methyl sites for hydroxylation is 1. The van der Waals surface area contributed by atoms with Gasteiger partial charge >= 0.3 is 0 Å². The molecule has 3 aromatic rings. The van der Waals surface area contributed by atoms with Crippen LogP contribution in [0.4, 0.5) is 0 Å².